The Morgan fingerprint density at radius 3 is 3.06 bits per heavy atom. The van der Waals surface area contributed by atoms with Crippen LogP contribution in [0.4, 0.5) is 5.95 Å². The van der Waals surface area contributed by atoms with E-state index in [2.05, 4.69) is 31.2 Å². The van der Waals surface area contributed by atoms with Gasteiger partial charge in [-0.05, 0) is 6.92 Å². The van der Waals surface area contributed by atoms with Crippen LogP contribution in [0.3, 0.4) is 0 Å². The van der Waals surface area contributed by atoms with Crippen molar-refractivity contribution in [2.24, 2.45) is 0 Å². The van der Waals surface area contributed by atoms with E-state index in [0.717, 1.165) is 0 Å². The van der Waals surface area contributed by atoms with E-state index < -0.39 is 0 Å². The van der Waals surface area contributed by atoms with Crippen LogP contribution in [0.2, 0.25) is 0 Å². The number of anilines is 1. The van der Waals surface area contributed by atoms with Crippen molar-refractivity contribution in [1.29, 1.82) is 0 Å². The Morgan fingerprint density at radius 1 is 1.56 bits per heavy atom. The van der Waals surface area contributed by atoms with E-state index in [4.69, 9.17) is 11.2 Å². The number of aromatic amines is 1. The highest BCUT2D eigenvalue weighted by Gasteiger charge is 2.12. The van der Waals surface area contributed by atoms with E-state index in [-0.39, 0.29) is 6.10 Å². The van der Waals surface area contributed by atoms with E-state index in [1.54, 1.807) is 14.0 Å². The van der Waals surface area contributed by atoms with Gasteiger partial charge in [-0.25, -0.2) is 4.98 Å². The molecular weight excluding hydrogens is 206 g/mol. The van der Waals surface area contributed by atoms with Crippen molar-refractivity contribution in [1.82, 2.24) is 19.9 Å². The highest BCUT2D eigenvalue weighted by molar-refractivity contribution is 5.76. The summed E-state index contributed by atoms with van der Waals surface area (Å²) in [7, 11) is 1.72. The molecule has 0 spiro atoms. The lowest BCUT2D eigenvalue weighted by atomic mass is 10.4. The van der Waals surface area contributed by atoms with Crippen LogP contribution < -0.4 is 10.1 Å². The molecule has 0 aromatic carbocycles. The van der Waals surface area contributed by atoms with Gasteiger partial charge in [0.25, 0.3) is 0 Å². The topological polar surface area (TPSA) is 75.7 Å². The van der Waals surface area contributed by atoms with Crippen molar-refractivity contribution < 1.29 is 4.74 Å². The van der Waals surface area contributed by atoms with Gasteiger partial charge >= 0.3 is 0 Å². The summed E-state index contributed by atoms with van der Waals surface area (Å²) in [6.45, 7) is 1.77. The van der Waals surface area contributed by atoms with E-state index in [0.29, 0.717) is 23.0 Å². The molecule has 0 saturated heterocycles. The molecule has 0 aliphatic carbocycles. The standard InChI is InChI=1S/C10H11N5O/c1-4-6(2)16-9-7-8(13-5-12-7)14-10(11-3)15-9/h1,5-6H,2-3H3,(H2,11,12,13,14,15). The minimum absolute atomic E-state index is 0.355. The molecule has 2 heterocycles. The van der Waals surface area contributed by atoms with Crippen LogP contribution >= 0.6 is 0 Å². The molecule has 0 bridgehead atoms. The fraction of sp³-hybridized carbons (Fsp3) is 0.300. The number of hydrogen-bond acceptors (Lipinski definition) is 5. The van der Waals surface area contributed by atoms with Crippen LogP contribution in [0.1, 0.15) is 6.92 Å². The Kier molecular flexibility index (Phi) is 2.60. The van der Waals surface area contributed by atoms with E-state index >= 15 is 0 Å². The maximum Gasteiger partial charge on any atom is 0.246 e. The summed E-state index contributed by atoms with van der Waals surface area (Å²) in [5, 5.41) is 2.83. The number of nitrogens with zero attached hydrogens (tertiary/aromatic N) is 3. The van der Waals surface area contributed by atoms with Crippen LogP contribution in [0.15, 0.2) is 6.33 Å². The average molecular weight is 217 g/mol. The maximum absolute atomic E-state index is 5.48. The third kappa shape index (κ3) is 1.75. The molecule has 2 aromatic rings. The molecule has 16 heavy (non-hydrogen) atoms. The monoisotopic (exact) mass is 217 g/mol. The third-order valence-corrected chi connectivity index (χ3v) is 2.00. The Hall–Kier alpha value is -2.29. The molecule has 1 atom stereocenters. The fourth-order valence-electron chi connectivity index (χ4n) is 1.21. The molecule has 1 unspecified atom stereocenters. The second kappa shape index (κ2) is 4.06. The van der Waals surface area contributed by atoms with Crippen molar-refractivity contribution in [2.45, 2.75) is 13.0 Å². The summed E-state index contributed by atoms with van der Waals surface area (Å²) >= 11 is 0. The van der Waals surface area contributed by atoms with Gasteiger partial charge in [-0.15, -0.1) is 6.42 Å². The molecule has 0 fully saturated rings. The number of ether oxygens (including phenoxy) is 1. The number of rotatable bonds is 3. The van der Waals surface area contributed by atoms with E-state index in [1.165, 1.54) is 6.33 Å². The van der Waals surface area contributed by atoms with Crippen LogP contribution in [0, 0.1) is 12.3 Å². The van der Waals surface area contributed by atoms with Gasteiger partial charge in [0.2, 0.25) is 11.8 Å². The number of fused-ring (bicyclic) bond motifs is 1. The molecule has 2 rings (SSSR count). The minimum Gasteiger partial charge on any atom is -0.460 e. The van der Waals surface area contributed by atoms with Crippen molar-refractivity contribution in [3.8, 4) is 18.2 Å². The second-order valence-electron chi connectivity index (χ2n) is 3.13. The molecule has 2 N–H and O–H groups in total. The highest BCUT2D eigenvalue weighted by Crippen LogP contribution is 2.21. The zero-order valence-electron chi connectivity index (χ0n) is 8.98. The maximum atomic E-state index is 5.48. The first kappa shape index (κ1) is 10.2. The first-order chi connectivity index (χ1) is 7.74. The normalized spacial score (nSPS) is 12.1. The molecule has 0 radical (unpaired) electrons. The number of hydrogen-bond donors (Lipinski definition) is 2. The zero-order valence-corrected chi connectivity index (χ0v) is 8.98. The molecule has 6 nitrogen and oxygen atoms in total. The first-order valence-electron chi connectivity index (χ1n) is 4.76. The average Bonchev–Trinajstić information content (AvgIpc) is 2.76. The van der Waals surface area contributed by atoms with Gasteiger partial charge in [0.15, 0.2) is 11.8 Å². The van der Waals surface area contributed by atoms with Gasteiger partial charge in [-0.3, -0.25) is 0 Å². The Balaban J connectivity index is 2.49. The molecule has 82 valence electrons. The van der Waals surface area contributed by atoms with Gasteiger partial charge in [0.05, 0.1) is 6.33 Å². The van der Waals surface area contributed by atoms with Gasteiger partial charge < -0.3 is 15.0 Å². The Morgan fingerprint density at radius 2 is 2.38 bits per heavy atom. The van der Waals surface area contributed by atoms with E-state index in [9.17, 15) is 0 Å². The SMILES string of the molecule is C#CC(C)Oc1nc(NC)nc2nc[nH]c12. The number of nitrogens with one attached hydrogen (secondary N) is 2. The summed E-state index contributed by atoms with van der Waals surface area (Å²) in [5.41, 5.74) is 1.18. The fourth-order valence-corrected chi connectivity index (χ4v) is 1.21. The van der Waals surface area contributed by atoms with Crippen molar-refractivity contribution in [3.63, 3.8) is 0 Å². The number of aromatic nitrogens is 4. The number of terminal acetylenes is 1. The Labute approximate surface area is 92.5 Å². The molecule has 0 saturated carbocycles. The van der Waals surface area contributed by atoms with Gasteiger partial charge in [0, 0.05) is 7.05 Å². The van der Waals surface area contributed by atoms with Crippen LogP contribution in [0.25, 0.3) is 11.2 Å². The highest BCUT2D eigenvalue weighted by atomic mass is 16.5. The molecule has 0 amide bonds. The lowest BCUT2D eigenvalue weighted by Gasteiger charge is -2.09. The third-order valence-electron chi connectivity index (χ3n) is 2.00. The molecular formula is C10H11N5O. The number of imidazole rings is 1. The zero-order chi connectivity index (χ0) is 11.5. The van der Waals surface area contributed by atoms with Crippen molar-refractivity contribution >= 4 is 17.1 Å². The summed E-state index contributed by atoms with van der Waals surface area (Å²) in [4.78, 5) is 15.3. The number of H-pyrrole nitrogens is 1. The minimum atomic E-state index is -0.355. The van der Waals surface area contributed by atoms with Gasteiger partial charge in [-0.1, -0.05) is 5.92 Å². The quantitative estimate of drug-likeness (QED) is 0.743. The predicted octanol–water partition coefficient (Wildman–Crippen LogP) is 0.795. The van der Waals surface area contributed by atoms with Gasteiger partial charge in [-0.2, -0.15) is 9.97 Å². The van der Waals surface area contributed by atoms with Crippen LogP contribution in [-0.4, -0.2) is 33.1 Å². The van der Waals surface area contributed by atoms with Crippen LogP contribution in [-0.2, 0) is 0 Å². The summed E-state index contributed by atoms with van der Waals surface area (Å²) < 4.78 is 5.48. The molecule has 0 aliphatic heterocycles. The smallest absolute Gasteiger partial charge is 0.246 e. The van der Waals surface area contributed by atoms with Crippen LogP contribution in [0.5, 0.6) is 5.88 Å². The lowest BCUT2D eigenvalue weighted by molar-refractivity contribution is 0.271. The van der Waals surface area contributed by atoms with Crippen molar-refractivity contribution in [3.05, 3.63) is 6.33 Å². The predicted molar refractivity (Wildman–Crippen MR) is 60.2 cm³/mol. The first-order valence-corrected chi connectivity index (χ1v) is 4.76. The Bertz CT molecular complexity index is 542. The van der Waals surface area contributed by atoms with Gasteiger partial charge in [0.1, 0.15) is 5.52 Å². The molecule has 6 heteroatoms. The van der Waals surface area contributed by atoms with E-state index in [1.807, 2.05) is 0 Å². The summed E-state index contributed by atoms with van der Waals surface area (Å²) in [6.07, 6.45) is 6.43. The molecule has 0 aliphatic rings. The van der Waals surface area contributed by atoms with Crippen molar-refractivity contribution in [2.75, 3.05) is 12.4 Å². The summed E-state index contributed by atoms with van der Waals surface area (Å²) in [5.74, 6) is 3.31. The summed E-state index contributed by atoms with van der Waals surface area (Å²) in [6, 6.07) is 0. The largest absolute Gasteiger partial charge is 0.460 e. The molecule has 2 aromatic heterocycles. The lowest BCUT2D eigenvalue weighted by Crippen LogP contribution is -2.11. The second-order valence-corrected chi connectivity index (χ2v) is 3.13.